The normalized spacial score (nSPS) is 16.6. The van der Waals surface area contributed by atoms with Crippen molar-refractivity contribution in [3.05, 3.63) is 162 Å². The van der Waals surface area contributed by atoms with Gasteiger partial charge in [-0.2, -0.15) is 4.57 Å². The van der Waals surface area contributed by atoms with Crippen LogP contribution in [0.4, 0.5) is 0 Å². The molecule has 5 heteroatoms. The van der Waals surface area contributed by atoms with Gasteiger partial charge in [-0.3, -0.25) is 0 Å². The van der Waals surface area contributed by atoms with E-state index in [1.54, 1.807) is 0 Å². The fraction of sp³-hybridized carbons (Fsp3) is 0.116. The summed E-state index contributed by atoms with van der Waals surface area (Å²) in [6.07, 6.45) is 5.24. The molecule has 6 heterocycles. The lowest BCUT2D eigenvalue weighted by molar-refractivity contribution is -0.966. The average molecular weight is 623 g/mol. The number of hydrogen-bond donors (Lipinski definition) is 0. The molecular formula is C43H32N3O2+3. The molecule has 0 bridgehead atoms. The van der Waals surface area contributed by atoms with Gasteiger partial charge in [-0.15, -0.1) is 9.13 Å². The first kappa shape index (κ1) is 27.2. The Hall–Kier alpha value is -5.94. The topological polar surface area (TPSA) is 37.9 Å². The second kappa shape index (κ2) is 10.0. The van der Waals surface area contributed by atoms with Crippen LogP contribution >= 0.6 is 0 Å². The number of nitrogens with zero attached hydrogens (tertiary/aromatic N) is 3. The van der Waals surface area contributed by atoms with E-state index in [2.05, 4.69) is 154 Å². The van der Waals surface area contributed by atoms with Gasteiger partial charge >= 0.3 is 11.6 Å². The predicted molar refractivity (Wildman–Crippen MR) is 184 cm³/mol. The van der Waals surface area contributed by atoms with Gasteiger partial charge in [-0.05, 0) is 59.3 Å². The highest BCUT2D eigenvalue weighted by Crippen LogP contribution is 2.49. The van der Waals surface area contributed by atoms with E-state index in [-0.39, 0.29) is 5.97 Å². The quantitative estimate of drug-likeness (QED) is 0.157. The maximum Gasteiger partial charge on any atom is 0.403 e. The van der Waals surface area contributed by atoms with Crippen LogP contribution in [0.15, 0.2) is 140 Å². The van der Waals surface area contributed by atoms with Gasteiger partial charge < -0.3 is 4.74 Å². The molecule has 3 aliphatic rings. The maximum atomic E-state index is 13.2. The molecule has 1 unspecified atom stereocenters. The van der Waals surface area contributed by atoms with E-state index < -0.39 is 5.66 Å². The summed E-state index contributed by atoms with van der Waals surface area (Å²) >= 11 is 0. The van der Waals surface area contributed by atoms with Gasteiger partial charge in [0.15, 0.2) is 25.5 Å². The molecule has 0 spiro atoms. The van der Waals surface area contributed by atoms with E-state index >= 15 is 0 Å². The van der Waals surface area contributed by atoms with Crippen molar-refractivity contribution >= 4 is 16.7 Å². The Kier molecular flexibility index (Phi) is 5.68. The van der Waals surface area contributed by atoms with Gasteiger partial charge in [-0.1, -0.05) is 72.3 Å². The smallest absolute Gasteiger partial charge is 0.403 e. The van der Waals surface area contributed by atoms with Gasteiger partial charge in [0.05, 0.1) is 16.5 Å². The second-order valence-electron chi connectivity index (χ2n) is 13.1. The van der Waals surface area contributed by atoms with Crippen LogP contribution < -0.4 is 13.7 Å². The van der Waals surface area contributed by atoms with Crippen LogP contribution in [0, 0.1) is 6.92 Å². The van der Waals surface area contributed by atoms with Crippen LogP contribution in [-0.4, -0.2) is 12.6 Å². The van der Waals surface area contributed by atoms with Gasteiger partial charge in [0.1, 0.15) is 12.0 Å². The molecule has 0 fully saturated rings. The van der Waals surface area contributed by atoms with Gasteiger partial charge in [0.2, 0.25) is 17.1 Å². The summed E-state index contributed by atoms with van der Waals surface area (Å²) in [4.78, 5) is 13.2. The summed E-state index contributed by atoms with van der Waals surface area (Å²) in [5.74, 6) is -0.279. The first-order valence-electron chi connectivity index (χ1n) is 16.6. The van der Waals surface area contributed by atoms with Crippen LogP contribution in [0.1, 0.15) is 27.2 Å². The molecule has 0 N–H and O–H groups in total. The Bertz CT molecular complexity index is 2500. The third-order valence-corrected chi connectivity index (χ3v) is 10.6. The number of aromatic nitrogens is 3. The molecule has 0 radical (unpaired) electrons. The molecule has 1 atom stereocenters. The number of aryl methyl sites for hydroxylation is 1. The average Bonchev–Trinajstić information content (AvgIpc) is 3.59. The summed E-state index contributed by atoms with van der Waals surface area (Å²) in [6, 6.07) is 45.7. The number of pyridine rings is 3. The molecule has 0 saturated heterocycles. The number of cyclic esters (lactones) is 1. The van der Waals surface area contributed by atoms with Crippen molar-refractivity contribution in [2.75, 3.05) is 6.61 Å². The second-order valence-corrected chi connectivity index (χ2v) is 13.1. The number of carbonyl (C=O) groups excluding carboxylic acids is 1. The highest BCUT2D eigenvalue weighted by Gasteiger charge is 2.66. The number of hydrogen-bond acceptors (Lipinski definition) is 2. The predicted octanol–water partition coefficient (Wildman–Crippen LogP) is 6.97. The van der Waals surface area contributed by atoms with Crippen LogP contribution in [0.3, 0.4) is 0 Å². The molecule has 3 aromatic heterocycles. The third-order valence-electron chi connectivity index (χ3n) is 10.6. The Balaban J connectivity index is 1.24. The Labute approximate surface area is 278 Å². The zero-order chi connectivity index (χ0) is 32.0. The van der Waals surface area contributed by atoms with Gasteiger partial charge in [0, 0.05) is 35.9 Å². The number of fused-ring (bicyclic) bond motifs is 9. The monoisotopic (exact) mass is 622 g/mol. The molecule has 48 heavy (non-hydrogen) atoms. The minimum absolute atomic E-state index is 0.279. The summed E-state index contributed by atoms with van der Waals surface area (Å²) in [5, 5.41) is 2.49. The summed E-state index contributed by atoms with van der Waals surface area (Å²) < 4.78 is 12.7. The minimum Gasteiger partial charge on any atom is -0.451 e. The molecule has 4 aromatic carbocycles. The lowest BCUT2D eigenvalue weighted by atomic mass is 9.87. The van der Waals surface area contributed by atoms with E-state index in [1.807, 2.05) is 6.07 Å². The number of esters is 1. The molecule has 228 valence electrons. The van der Waals surface area contributed by atoms with E-state index in [0.717, 1.165) is 28.8 Å². The number of carbonyl (C=O) groups is 1. The Morgan fingerprint density at radius 1 is 0.667 bits per heavy atom. The summed E-state index contributed by atoms with van der Waals surface area (Å²) in [5.41, 5.74) is 13.1. The maximum absolute atomic E-state index is 13.2. The molecule has 5 nitrogen and oxygen atoms in total. The zero-order valence-electron chi connectivity index (χ0n) is 26.6. The summed E-state index contributed by atoms with van der Waals surface area (Å²) in [7, 11) is 0. The van der Waals surface area contributed by atoms with Gasteiger partial charge in [0.25, 0.3) is 5.69 Å². The van der Waals surface area contributed by atoms with E-state index in [0.29, 0.717) is 18.8 Å². The van der Waals surface area contributed by atoms with Crippen LogP contribution in [0.5, 0.6) is 0 Å². The highest BCUT2D eigenvalue weighted by atomic mass is 16.5. The van der Waals surface area contributed by atoms with E-state index in [1.165, 1.54) is 50.0 Å². The fourth-order valence-corrected chi connectivity index (χ4v) is 8.46. The first-order valence-corrected chi connectivity index (χ1v) is 16.6. The minimum atomic E-state index is -0.518. The first-order chi connectivity index (χ1) is 23.6. The lowest BCUT2D eigenvalue weighted by Crippen LogP contribution is -2.72. The SMILES string of the molecule is Cc1ccc(-c2cc3[n+](c(-c4ccccc4CC45c6c(cccc6-c6c7ccccc7cc[n+]64)-c4cccc[n+]45)c2)CCOC3=O)cc1. The van der Waals surface area contributed by atoms with E-state index in [4.69, 9.17) is 4.74 Å². The molecule has 3 aliphatic heterocycles. The van der Waals surface area contributed by atoms with Crippen LogP contribution in [-0.2, 0) is 23.4 Å². The number of ether oxygens (including phenoxy) is 1. The lowest BCUT2D eigenvalue weighted by Gasteiger charge is -2.20. The van der Waals surface area contributed by atoms with Crippen LogP contribution in [0.2, 0.25) is 0 Å². The van der Waals surface area contributed by atoms with Gasteiger partial charge in [-0.25, -0.2) is 4.79 Å². The molecule has 0 amide bonds. The van der Waals surface area contributed by atoms with Crippen molar-refractivity contribution in [2.45, 2.75) is 25.6 Å². The van der Waals surface area contributed by atoms with Crippen molar-refractivity contribution < 1.29 is 23.2 Å². The molecule has 0 aliphatic carbocycles. The Morgan fingerprint density at radius 2 is 1.44 bits per heavy atom. The van der Waals surface area contributed by atoms with Crippen molar-refractivity contribution in [3.8, 4) is 44.9 Å². The molecule has 7 aromatic rings. The third kappa shape index (κ3) is 3.67. The standard InChI is InChI=1S/C43H32N3O2/c1-28-16-18-29(19-17-28)32-25-38(44-23-24-48-42(47)39(44)26-32)33-11-4-3-10-31(33)27-43-40-35(37-15-6-7-21-45(37)43)13-8-14-36(40)41-34-12-5-2-9-30(34)20-22-46(41)43/h2-22,25-26H,23-24,27H2,1H3/q+3. The molecule has 0 saturated carbocycles. The molecule has 10 rings (SSSR count). The van der Waals surface area contributed by atoms with E-state index in [9.17, 15) is 4.79 Å². The molecular weight excluding hydrogens is 590 g/mol. The van der Waals surface area contributed by atoms with Crippen molar-refractivity contribution in [3.63, 3.8) is 0 Å². The number of benzene rings is 4. The fourth-order valence-electron chi connectivity index (χ4n) is 8.46. The highest BCUT2D eigenvalue weighted by molar-refractivity contribution is 5.96. The number of rotatable bonds is 4. The van der Waals surface area contributed by atoms with Crippen LogP contribution in [0.25, 0.3) is 55.7 Å². The van der Waals surface area contributed by atoms with Crippen molar-refractivity contribution in [2.24, 2.45) is 0 Å². The summed E-state index contributed by atoms with van der Waals surface area (Å²) in [6.45, 7) is 3.06. The van der Waals surface area contributed by atoms with Crippen molar-refractivity contribution in [1.29, 1.82) is 0 Å². The zero-order valence-corrected chi connectivity index (χ0v) is 26.6. The Morgan fingerprint density at radius 3 is 2.35 bits per heavy atom. The largest absolute Gasteiger partial charge is 0.451 e. The van der Waals surface area contributed by atoms with Crippen molar-refractivity contribution in [1.82, 2.24) is 0 Å².